The quantitative estimate of drug-likeness (QED) is 0.541. The smallest absolute Gasteiger partial charge is 0.338 e. The van der Waals surface area contributed by atoms with Crippen LogP contribution in [0.3, 0.4) is 0 Å². The lowest BCUT2D eigenvalue weighted by molar-refractivity contribution is 0.0450. The number of halogens is 1. The molecule has 0 amide bonds. The van der Waals surface area contributed by atoms with Gasteiger partial charge in [-0.2, -0.15) is 0 Å². The minimum absolute atomic E-state index is 0.156. The van der Waals surface area contributed by atoms with Crippen molar-refractivity contribution in [2.75, 3.05) is 27.4 Å². The second-order valence-electron chi connectivity index (χ2n) is 4.51. The zero-order valence-electron chi connectivity index (χ0n) is 12.9. The van der Waals surface area contributed by atoms with E-state index in [1.807, 2.05) is 24.3 Å². The maximum atomic E-state index is 12.0. The van der Waals surface area contributed by atoms with Crippen molar-refractivity contribution in [3.05, 3.63) is 52.5 Å². The number of benzene rings is 2. The fourth-order valence-corrected chi connectivity index (χ4v) is 2.14. The Labute approximate surface area is 143 Å². The maximum Gasteiger partial charge on any atom is 0.338 e. The predicted molar refractivity (Wildman–Crippen MR) is 89.5 cm³/mol. The first-order valence-corrected chi connectivity index (χ1v) is 7.71. The van der Waals surface area contributed by atoms with Crippen molar-refractivity contribution < 1.29 is 23.7 Å². The molecule has 2 aromatic carbocycles. The van der Waals surface area contributed by atoms with E-state index in [-0.39, 0.29) is 13.2 Å². The minimum atomic E-state index is -0.439. The van der Waals surface area contributed by atoms with E-state index in [2.05, 4.69) is 15.9 Å². The molecule has 0 aliphatic rings. The summed E-state index contributed by atoms with van der Waals surface area (Å²) in [4.78, 5) is 12.0. The number of methoxy groups -OCH3 is 2. The lowest BCUT2D eigenvalue weighted by atomic mass is 10.2. The van der Waals surface area contributed by atoms with Crippen molar-refractivity contribution in [2.45, 2.75) is 0 Å². The van der Waals surface area contributed by atoms with Crippen LogP contribution in [-0.2, 0) is 4.74 Å². The number of carbonyl (C=O) groups excluding carboxylic acids is 1. The van der Waals surface area contributed by atoms with Gasteiger partial charge in [0.2, 0.25) is 0 Å². The predicted octanol–water partition coefficient (Wildman–Crippen LogP) is 3.70. The van der Waals surface area contributed by atoms with E-state index in [0.717, 1.165) is 10.2 Å². The molecular formula is C17H17BrO5. The molecule has 122 valence electrons. The number of hydrogen-bond acceptors (Lipinski definition) is 5. The van der Waals surface area contributed by atoms with Gasteiger partial charge in [-0.3, -0.25) is 0 Å². The zero-order chi connectivity index (χ0) is 16.7. The summed E-state index contributed by atoms with van der Waals surface area (Å²) < 4.78 is 21.9. The minimum Gasteiger partial charge on any atom is -0.493 e. The highest BCUT2D eigenvalue weighted by Gasteiger charge is 2.11. The van der Waals surface area contributed by atoms with E-state index < -0.39 is 5.97 Å². The van der Waals surface area contributed by atoms with Crippen molar-refractivity contribution in [2.24, 2.45) is 0 Å². The van der Waals surface area contributed by atoms with Crippen LogP contribution in [0.25, 0.3) is 0 Å². The second-order valence-corrected chi connectivity index (χ2v) is 5.42. The molecule has 0 heterocycles. The Morgan fingerprint density at radius 1 is 0.957 bits per heavy atom. The van der Waals surface area contributed by atoms with E-state index in [4.69, 9.17) is 18.9 Å². The molecule has 2 aromatic rings. The number of carbonyl (C=O) groups is 1. The normalized spacial score (nSPS) is 10.0. The van der Waals surface area contributed by atoms with Gasteiger partial charge in [-0.15, -0.1) is 0 Å². The molecule has 0 fully saturated rings. The summed E-state index contributed by atoms with van der Waals surface area (Å²) in [6, 6.07) is 12.3. The molecule has 0 unspecified atom stereocenters. The SMILES string of the molecule is COc1ccc(C(=O)OCCOc2ccc(Br)cc2)cc1OC. The van der Waals surface area contributed by atoms with E-state index >= 15 is 0 Å². The van der Waals surface area contributed by atoms with Crippen molar-refractivity contribution >= 4 is 21.9 Å². The van der Waals surface area contributed by atoms with Crippen molar-refractivity contribution in [3.8, 4) is 17.2 Å². The van der Waals surface area contributed by atoms with Crippen molar-refractivity contribution in [3.63, 3.8) is 0 Å². The fourth-order valence-electron chi connectivity index (χ4n) is 1.87. The molecule has 0 aliphatic heterocycles. The summed E-state index contributed by atoms with van der Waals surface area (Å²) in [5, 5.41) is 0. The Hall–Kier alpha value is -2.21. The fraction of sp³-hybridized carbons (Fsp3) is 0.235. The van der Waals surface area contributed by atoms with Crippen molar-refractivity contribution in [1.82, 2.24) is 0 Å². The first-order valence-electron chi connectivity index (χ1n) is 6.91. The third-order valence-electron chi connectivity index (χ3n) is 3.02. The largest absolute Gasteiger partial charge is 0.493 e. The maximum absolute atomic E-state index is 12.0. The van der Waals surface area contributed by atoms with Gasteiger partial charge in [-0.1, -0.05) is 15.9 Å². The van der Waals surface area contributed by atoms with Crippen LogP contribution < -0.4 is 14.2 Å². The number of hydrogen-bond donors (Lipinski definition) is 0. The molecular weight excluding hydrogens is 364 g/mol. The van der Waals surface area contributed by atoms with E-state index in [0.29, 0.717) is 17.1 Å². The van der Waals surface area contributed by atoms with Crippen LogP contribution in [0.2, 0.25) is 0 Å². The van der Waals surface area contributed by atoms with E-state index in [1.54, 1.807) is 18.2 Å². The number of ether oxygens (including phenoxy) is 4. The molecule has 5 nitrogen and oxygen atoms in total. The van der Waals surface area contributed by atoms with Gasteiger partial charge in [0.1, 0.15) is 19.0 Å². The molecule has 0 radical (unpaired) electrons. The number of rotatable bonds is 7. The van der Waals surface area contributed by atoms with Gasteiger partial charge in [0.15, 0.2) is 11.5 Å². The summed E-state index contributed by atoms with van der Waals surface area (Å²) in [6.07, 6.45) is 0. The molecule has 0 bridgehead atoms. The first-order chi connectivity index (χ1) is 11.1. The van der Waals surface area contributed by atoms with Crippen LogP contribution in [-0.4, -0.2) is 33.4 Å². The highest BCUT2D eigenvalue weighted by atomic mass is 79.9. The monoisotopic (exact) mass is 380 g/mol. The Kier molecular flexibility index (Phi) is 6.29. The standard InChI is InChI=1S/C17H17BrO5/c1-20-15-8-3-12(11-16(15)21-2)17(19)23-10-9-22-14-6-4-13(18)5-7-14/h3-8,11H,9-10H2,1-2H3. The highest BCUT2D eigenvalue weighted by molar-refractivity contribution is 9.10. The van der Waals surface area contributed by atoms with Crippen LogP contribution >= 0.6 is 15.9 Å². The van der Waals surface area contributed by atoms with Crippen LogP contribution in [0.5, 0.6) is 17.2 Å². The van der Waals surface area contributed by atoms with Crippen LogP contribution in [0, 0.1) is 0 Å². The zero-order valence-corrected chi connectivity index (χ0v) is 14.5. The van der Waals surface area contributed by atoms with Gasteiger partial charge in [0, 0.05) is 4.47 Å². The van der Waals surface area contributed by atoms with Crippen LogP contribution in [0.1, 0.15) is 10.4 Å². The summed E-state index contributed by atoms with van der Waals surface area (Å²) in [5.41, 5.74) is 0.395. The summed E-state index contributed by atoms with van der Waals surface area (Å²) >= 11 is 3.35. The molecule has 0 saturated heterocycles. The molecule has 0 aliphatic carbocycles. The van der Waals surface area contributed by atoms with E-state index in [9.17, 15) is 4.79 Å². The topological polar surface area (TPSA) is 54.0 Å². The second kappa shape index (κ2) is 8.43. The first kappa shape index (κ1) is 17.1. The van der Waals surface area contributed by atoms with Crippen molar-refractivity contribution in [1.29, 1.82) is 0 Å². The molecule has 0 atom stereocenters. The van der Waals surface area contributed by atoms with Gasteiger partial charge in [0.25, 0.3) is 0 Å². The molecule has 0 N–H and O–H groups in total. The van der Waals surface area contributed by atoms with Gasteiger partial charge >= 0.3 is 5.97 Å². The van der Waals surface area contributed by atoms with Crippen LogP contribution in [0.4, 0.5) is 0 Å². The molecule has 0 aromatic heterocycles. The molecule has 6 heteroatoms. The molecule has 0 spiro atoms. The Balaban J connectivity index is 1.83. The Morgan fingerprint density at radius 3 is 2.30 bits per heavy atom. The average Bonchev–Trinajstić information content (AvgIpc) is 2.59. The Morgan fingerprint density at radius 2 is 1.65 bits per heavy atom. The third kappa shape index (κ3) is 4.89. The molecule has 23 heavy (non-hydrogen) atoms. The lowest BCUT2D eigenvalue weighted by Crippen LogP contribution is -2.12. The van der Waals surface area contributed by atoms with Gasteiger partial charge in [-0.05, 0) is 42.5 Å². The molecule has 2 rings (SSSR count). The third-order valence-corrected chi connectivity index (χ3v) is 3.55. The number of esters is 1. The summed E-state index contributed by atoms with van der Waals surface area (Å²) in [5.74, 6) is 1.32. The summed E-state index contributed by atoms with van der Waals surface area (Å²) in [7, 11) is 3.05. The van der Waals surface area contributed by atoms with E-state index in [1.165, 1.54) is 14.2 Å². The summed E-state index contributed by atoms with van der Waals surface area (Å²) in [6.45, 7) is 0.434. The van der Waals surface area contributed by atoms with Gasteiger partial charge in [0.05, 0.1) is 19.8 Å². The van der Waals surface area contributed by atoms with Crippen LogP contribution in [0.15, 0.2) is 46.9 Å². The van der Waals surface area contributed by atoms with Gasteiger partial charge < -0.3 is 18.9 Å². The highest BCUT2D eigenvalue weighted by Crippen LogP contribution is 2.27. The Bertz CT molecular complexity index is 655. The lowest BCUT2D eigenvalue weighted by Gasteiger charge is -2.10. The average molecular weight is 381 g/mol. The molecule has 0 saturated carbocycles. The van der Waals surface area contributed by atoms with Gasteiger partial charge in [-0.25, -0.2) is 4.79 Å².